The summed E-state index contributed by atoms with van der Waals surface area (Å²) in [6.45, 7) is 4.09. The molecule has 0 fully saturated rings. The Balaban J connectivity index is 1.61. The molecule has 0 saturated carbocycles. The maximum Gasteiger partial charge on any atom is 0.267 e. The van der Waals surface area contributed by atoms with Crippen LogP contribution in [0.3, 0.4) is 0 Å². The van der Waals surface area contributed by atoms with Crippen LogP contribution in [-0.2, 0) is 0 Å². The van der Waals surface area contributed by atoms with Crippen molar-refractivity contribution in [3.05, 3.63) is 88.3 Å². The van der Waals surface area contributed by atoms with Crippen molar-refractivity contribution in [3.8, 4) is 10.6 Å². The molecule has 180 valence electrons. The predicted octanol–water partition coefficient (Wildman–Crippen LogP) is 6.32. The van der Waals surface area contributed by atoms with E-state index < -0.39 is 11.8 Å². The first-order valence-corrected chi connectivity index (χ1v) is 12.8. The highest BCUT2D eigenvalue weighted by Gasteiger charge is 2.26. The first-order valence-electron chi connectivity index (χ1n) is 11.1. The third-order valence-electron chi connectivity index (χ3n) is 5.95. The van der Waals surface area contributed by atoms with Gasteiger partial charge in [-0.3, -0.25) is 9.59 Å². The lowest BCUT2D eigenvalue weighted by Gasteiger charge is -2.11. The van der Waals surface area contributed by atoms with Crippen LogP contribution in [0.5, 0.6) is 0 Å². The van der Waals surface area contributed by atoms with Gasteiger partial charge in [-0.2, -0.15) is 0 Å². The Morgan fingerprint density at radius 3 is 2.39 bits per heavy atom. The van der Waals surface area contributed by atoms with E-state index in [2.05, 4.69) is 10.6 Å². The number of amides is 2. The SMILES string of the molecule is Cc1cccc(Nc2sc(C(=O)Nc3ccccc3C(N)=O)c(N)c2-c2nc3ccccc3s2)c1C. The van der Waals surface area contributed by atoms with Gasteiger partial charge in [-0.1, -0.05) is 36.4 Å². The fraction of sp³-hybridized carbons (Fsp3) is 0.0741. The van der Waals surface area contributed by atoms with Gasteiger partial charge in [0.15, 0.2) is 0 Å². The second-order valence-corrected chi connectivity index (χ2v) is 10.3. The normalized spacial score (nSPS) is 10.9. The van der Waals surface area contributed by atoms with Crippen molar-refractivity contribution in [1.82, 2.24) is 4.98 Å². The summed E-state index contributed by atoms with van der Waals surface area (Å²) in [5, 5.41) is 7.72. The number of aryl methyl sites for hydroxylation is 1. The van der Waals surface area contributed by atoms with Crippen molar-refractivity contribution in [2.24, 2.45) is 5.73 Å². The quantitative estimate of drug-likeness (QED) is 0.212. The summed E-state index contributed by atoms with van der Waals surface area (Å²) in [5.74, 6) is -1.06. The summed E-state index contributed by atoms with van der Waals surface area (Å²) in [6.07, 6.45) is 0. The van der Waals surface area contributed by atoms with E-state index in [4.69, 9.17) is 16.5 Å². The molecule has 5 aromatic rings. The van der Waals surface area contributed by atoms with Gasteiger partial charge in [-0.25, -0.2) is 4.98 Å². The zero-order valence-corrected chi connectivity index (χ0v) is 21.2. The van der Waals surface area contributed by atoms with Crippen molar-refractivity contribution < 1.29 is 9.59 Å². The number of carbonyl (C=O) groups excluding carboxylic acids is 2. The van der Waals surface area contributed by atoms with Gasteiger partial charge in [-0.05, 0) is 55.3 Å². The van der Waals surface area contributed by atoms with Crippen molar-refractivity contribution in [1.29, 1.82) is 0 Å². The maximum atomic E-state index is 13.4. The molecule has 0 spiro atoms. The van der Waals surface area contributed by atoms with Crippen molar-refractivity contribution in [2.75, 3.05) is 16.4 Å². The minimum atomic E-state index is -0.627. The Bertz CT molecular complexity index is 1600. The third kappa shape index (κ3) is 4.30. The molecule has 6 N–H and O–H groups in total. The van der Waals surface area contributed by atoms with Crippen LogP contribution >= 0.6 is 22.7 Å². The average molecular weight is 514 g/mol. The minimum Gasteiger partial charge on any atom is -0.397 e. The van der Waals surface area contributed by atoms with Gasteiger partial charge < -0.3 is 22.1 Å². The summed E-state index contributed by atoms with van der Waals surface area (Å²) in [4.78, 5) is 30.3. The van der Waals surface area contributed by atoms with Crippen LogP contribution in [0, 0.1) is 13.8 Å². The highest BCUT2D eigenvalue weighted by Crippen LogP contribution is 2.47. The van der Waals surface area contributed by atoms with Crippen molar-refractivity contribution >= 4 is 66.8 Å². The standard InChI is InChI=1S/C27H23N5O2S2/c1-14-8-7-12-17(15(14)2)31-27-21(26-32-19-11-5-6-13-20(19)35-26)22(28)23(36-27)25(34)30-18-10-4-3-9-16(18)24(29)33/h3-13,31H,28H2,1-2H3,(H2,29,33)(H,30,34). The molecule has 0 aliphatic heterocycles. The molecule has 0 radical (unpaired) electrons. The summed E-state index contributed by atoms with van der Waals surface area (Å²) < 4.78 is 1.03. The monoisotopic (exact) mass is 513 g/mol. The third-order valence-corrected chi connectivity index (χ3v) is 8.13. The van der Waals surface area contributed by atoms with Crippen LogP contribution < -0.4 is 22.1 Å². The second kappa shape index (κ2) is 9.44. The molecule has 2 heterocycles. The van der Waals surface area contributed by atoms with E-state index in [0.29, 0.717) is 31.8 Å². The number of nitrogens with one attached hydrogen (secondary N) is 2. The zero-order chi connectivity index (χ0) is 25.4. The fourth-order valence-electron chi connectivity index (χ4n) is 3.89. The number of nitrogen functional groups attached to an aromatic ring is 1. The van der Waals surface area contributed by atoms with Crippen molar-refractivity contribution in [2.45, 2.75) is 13.8 Å². The lowest BCUT2D eigenvalue weighted by molar-refractivity contribution is 0.100. The highest BCUT2D eigenvalue weighted by atomic mass is 32.1. The summed E-state index contributed by atoms with van der Waals surface area (Å²) >= 11 is 2.76. The molecule has 36 heavy (non-hydrogen) atoms. The number of aromatic nitrogens is 1. The van der Waals surface area contributed by atoms with E-state index in [9.17, 15) is 9.59 Å². The Kier molecular flexibility index (Phi) is 6.17. The number of primary amides is 1. The summed E-state index contributed by atoms with van der Waals surface area (Å²) in [5.41, 5.74) is 17.7. The summed E-state index contributed by atoms with van der Waals surface area (Å²) in [7, 11) is 0. The van der Waals surface area contributed by atoms with E-state index in [0.717, 1.165) is 27.0 Å². The summed E-state index contributed by atoms with van der Waals surface area (Å²) in [6, 6.07) is 20.5. The Hall–Kier alpha value is -4.21. The van der Waals surface area contributed by atoms with E-state index in [-0.39, 0.29) is 5.56 Å². The number of fused-ring (bicyclic) bond motifs is 1. The van der Waals surface area contributed by atoms with E-state index in [1.54, 1.807) is 24.3 Å². The number of benzene rings is 3. The predicted molar refractivity (Wildman–Crippen MR) is 149 cm³/mol. The minimum absolute atomic E-state index is 0.223. The molecule has 0 unspecified atom stereocenters. The molecule has 0 aliphatic carbocycles. The van der Waals surface area contributed by atoms with E-state index >= 15 is 0 Å². The number of nitrogens with two attached hydrogens (primary N) is 2. The second-order valence-electron chi connectivity index (χ2n) is 8.27. The van der Waals surface area contributed by atoms with Crippen LogP contribution in [0.4, 0.5) is 22.1 Å². The molecule has 0 saturated heterocycles. The molecule has 9 heteroatoms. The largest absolute Gasteiger partial charge is 0.397 e. The molecule has 2 aromatic heterocycles. The zero-order valence-electron chi connectivity index (χ0n) is 19.6. The van der Waals surface area contributed by atoms with Gasteiger partial charge in [0.25, 0.3) is 11.8 Å². The first-order chi connectivity index (χ1) is 17.3. The number of carbonyl (C=O) groups is 2. The number of para-hydroxylation sites is 2. The lowest BCUT2D eigenvalue weighted by atomic mass is 10.1. The van der Waals surface area contributed by atoms with Gasteiger partial charge in [0.1, 0.15) is 14.9 Å². The van der Waals surface area contributed by atoms with E-state index in [1.807, 2.05) is 56.3 Å². The van der Waals surface area contributed by atoms with Crippen LogP contribution in [0.1, 0.15) is 31.2 Å². The van der Waals surface area contributed by atoms with Gasteiger partial charge >= 0.3 is 0 Å². The number of rotatable bonds is 6. The molecule has 0 atom stereocenters. The Morgan fingerprint density at radius 1 is 0.889 bits per heavy atom. The Labute approximate surface area is 215 Å². The Morgan fingerprint density at radius 2 is 1.61 bits per heavy atom. The maximum absolute atomic E-state index is 13.4. The molecular weight excluding hydrogens is 490 g/mol. The number of hydrogen-bond acceptors (Lipinski definition) is 7. The number of nitrogens with zero attached hydrogens (tertiary/aromatic N) is 1. The smallest absolute Gasteiger partial charge is 0.267 e. The number of thiophene rings is 1. The first kappa shape index (κ1) is 23.5. The number of anilines is 4. The van der Waals surface area contributed by atoms with Crippen LogP contribution in [0.25, 0.3) is 20.8 Å². The van der Waals surface area contributed by atoms with Gasteiger partial charge in [0.05, 0.1) is 32.7 Å². The van der Waals surface area contributed by atoms with Gasteiger partial charge in [-0.15, -0.1) is 22.7 Å². The molecule has 0 bridgehead atoms. The van der Waals surface area contributed by atoms with E-state index in [1.165, 1.54) is 22.7 Å². The molecule has 0 aliphatic rings. The molecule has 3 aromatic carbocycles. The van der Waals surface area contributed by atoms with Crippen LogP contribution in [0.15, 0.2) is 66.7 Å². The van der Waals surface area contributed by atoms with Crippen molar-refractivity contribution in [3.63, 3.8) is 0 Å². The molecular formula is C27H23N5O2S2. The number of hydrogen-bond donors (Lipinski definition) is 4. The topological polar surface area (TPSA) is 123 Å². The van der Waals surface area contributed by atoms with Crippen LogP contribution in [-0.4, -0.2) is 16.8 Å². The van der Waals surface area contributed by atoms with Crippen LogP contribution in [0.2, 0.25) is 0 Å². The molecule has 2 amide bonds. The molecule has 5 rings (SSSR count). The molecule has 7 nitrogen and oxygen atoms in total. The highest BCUT2D eigenvalue weighted by molar-refractivity contribution is 7.23. The fourth-order valence-corrected chi connectivity index (χ4v) is 6.01. The number of thiazole rings is 1. The average Bonchev–Trinajstić information content (AvgIpc) is 3.42. The lowest BCUT2D eigenvalue weighted by Crippen LogP contribution is -2.18. The van der Waals surface area contributed by atoms with Gasteiger partial charge in [0.2, 0.25) is 0 Å². The van der Waals surface area contributed by atoms with Gasteiger partial charge in [0, 0.05) is 5.69 Å².